The molecule has 3 rings (SSSR count). The molecule has 1 aliphatic rings. The van der Waals surface area contributed by atoms with Crippen molar-refractivity contribution in [3.63, 3.8) is 0 Å². The molecule has 4 nitrogen and oxygen atoms in total. The summed E-state index contributed by atoms with van der Waals surface area (Å²) in [6.07, 6.45) is 3.40. The molecule has 0 bridgehead atoms. The first kappa shape index (κ1) is 10.5. The minimum atomic E-state index is 0.117. The molecule has 0 spiro atoms. The Morgan fingerprint density at radius 3 is 2.94 bits per heavy atom. The van der Waals surface area contributed by atoms with Crippen LogP contribution in [0.5, 0.6) is 0 Å². The van der Waals surface area contributed by atoms with E-state index in [4.69, 9.17) is 5.73 Å². The van der Waals surface area contributed by atoms with E-state index >= 15 is 0 Å². The Bertz CT molecular complexity index is 581. The third-order valence-corrected chi connectivity index (χ3v) is 3.56. The summed E-state index contributed by atoms with van der Waals surface area (Å²) in [4.78, 5) is 16.4. The summed E-state index contributed by atoms with van der Waals surface area (Å²) in [5.74, 6) is 0.324. The fraction of sp³-hybridized carbons (Fsp3) is 0.385. The summed E-state index contributed by atoms with van der Waals surface area (Å²) in [7, 11) is 1.95. The molecule has 0 aliphatic heterocycles. The second kappa shape index (κ2) is 3.67. The Kier molecular flexibility index (Phi) is 2.26. The number of ketones is 1. The van der Waals surface area contributed by atoms with E-state index in [1.54, 1.807) is 6.33 Å². The molecule has 17 heavy (non-hydrogen) atoms. The first-order chi connectivity index (χ1) is 8.15. The van der Waals surface area contributed by atoms with E-state index in [2.05, 4.69) is 4.98 Å². The highest BCUT2D eigenvalue weighted by Crippen LogP contribution is 2.29. The van der Waals surface area contributed by atoms with Gasteiger partial charge in [0.05, 0.1) is 17.4 Å². The lowest BCUT2D eigenvalue weighted by Crippen LogP contribution is -2.40. The predicted molar refractivity (Wildman–Crippen MR) is 65.7 cm³/mol. The monoisotopic (exact) mass is 229 g/mol. The molecule has 0 amide bonds. The SMILES string of the molecule is Cn1cnc2cc(C(=O)C3CC(N)C3)ccc21. The van der Waals surface area contributed by atoms with Crippen molar-refractivity contribution < 1.29 is 4.79 Å². The summed E-state index contributed by atoms with van der Waals surface area (Å²) >= 11 is 0. The number of imidazole rings is 1. The van der Waals surface area contributed by atoms with Crippen LogP contribution in [0.15, 0.2) is 24.5 Å². The van der Waals surface area contributed by atoms with Crippen LogP contribution in [0.3, 0.4) is 0 Å². The minimum absolute atomic E-state index is 0.117. The molecule has 88 valence electrons. The number of hydrogen-bond acceptors (Lipinski definition) is 3. The standard InChI is InChI=1S/C13H15N3O/c1-16-7-15-11-6-8(2-3-12(11)16)13(17)9-4-10(14)5-9/h2-3,6-7,9-10H,4-5,14H2,1H3. The molecule has 1 heterocycles. The number of Topliss-reactive ketones (excluding diaryl/α,β-unsaturated/α-hetero) is 1. The van der Waals surface area contributed by atoms with E-state index in [0.29, 0.717) is 0 Å². The Labute approximate surface area is 99.4 Å². The van der Waals surface area contributed by atoms with Gasteiger partial charge in [-0.05, 0) is 31.0 Å². The van der Waals surface area contributed by atoms with Gasteiger partial charge in [0.1, 0.15) is 0 Å². The van der Waals surface area contributed by atoms with Gasteiger partial charge in [0, 0.05) is 24.6 Å². The zero-order chi connectivity index (χ0) is 12.0. The molecular weight excluding hydrogens is 214 g/mol. The molecule has 0 radical (unpaired) electrons. The highest BCUT2D eigenvalue weighted by molar-refractivity contribution is 6.00. The van der Waals surface area contributed by atoms with E-state index in [9.17, 15) is 4.79 Å². The molecule has 0 atom stereocenters. The molecule has 2 aromatic rings. The van der Waals surface area contributed by atoms with Gasteiger partial charge in [0.25, 0.3) is 0 Å². The van der Waals surface area contributed by atoms with Gasteiger partial charge in [-0.15, -0.1) is 0 Å². The lowest BCUT2D eigenvalue weighted by molar-refractivity contribution is 0.0833. The van der Waals surface area contributed by atoms with Crippen molar-refractivity contribution in [2.75, 3.05) is 0 Å². The number of hydrogen-bond donors (Lipinski definition) is 1. The summed E-state index contributed by atoms with van der Waals surface area (Å²) in [6.45, 7) is 0. The van der Waals surface area contributed by atoms with Gasteiger partial charge in [-0.25, -0.2) is 4.98 Å². The molecule has 0 saturated heterocycles. The Hall–Kier alpha value is -1.68. The van der Waals surface area contributed by atoms with Crippen LogP contribution in [0.2, 0.25) is 0 Å². The maximum atomic E-state index is 12.1. The maximum absolute atomic E-state index is 12.1. The first-order valence-electron chi connectivity index (χ1n) is 5.86. The van der Waals surface area contributed by atoms with Crippen molar-refractivity contribution in [2.24, 2.45) is 18.7 Å². The average molecular weight is 229 g/mol. The molecule has 4 heteroatoms. The van der Waals surface area contributed by atoms with Crippen molar-refractivity contribution in [3.8, 4) is 0 Å². The van der Waals surface area contributed by atoms with Crippen molar-refractivity contribution >= 4 is 16.8 Å². The molecule has 1 fully saturated rings. The maximum Gasteiger partial charge on any atom is 0.166 e. The zero-order valence-electron chi connectivity index (χ0n) is 9.76. The van der Waals surface area contributed by atoms with Gasteiger partial charge in [-0.1, -0.05) is 0 Å². The fourth-order valence-corrected chi connectivity index (χ4v) is 2.40. The van der Waals surface area contributed by atoms with Crippen LogP contribution < -0.4 is 5.73 Å². The Morgan fingerprint density at radius 2 is 2.24 bits per heavy atom. The molecule has 1 aromatic heterocycles. The molecular formula is C13H15N3O. The van der Waals surface area contributed by atoms with Crippen molar-refractivity contribution in [1.82, 2.24) is 9.55 Å². The average Bonchev–Trinajstić information content (AvgIpc) is 2.66. The highest BCUT2D eigenvalue weighted by Gasteiger charge is 2.32. The zero-order valence-corrected chi connectivity index (χ0v) is 9.76. The van der Waals surface area contributed by atoms with Crippen LogP contribution in [0.4, 0.5) is 0 Å². The molecule has 2 N–H and O–H groups in total. The number of rotatable bonds is 2. The highest BCUT2D eigenvalue weighted by atomic mass is 16.1. The number of fused-ring (bicyclic) bond motifs is 1. The summed E-state index contributed by atoms with van der Waals surface area (Å²) in [6, 6.07) is 5.92. The van der Waals surface area contributed by atoms with Crippen molar-refractivity contribution in [3.05, 3.63) is 30.1 Å². The number of aromatic nitrogens is 2. The van der Waals surface area contributed by atoms with Crippen LogP contribution >= 0.6 is 0 Å². The summed E-state index contributed by atoms with van der Waals surface area (Å²) in [5, 5.41) is 0. The van der Waals surface area contributed by atoms with E-state index in [1.807, 2.05) is 29.8 Å². The van der Waals surface area contributed by atoms with Gasteiger partial charge in [-0.2, -0.15) is 0 Å². The van der Waals surface area contributed by atoms with Crippen LogP contribution in [0.25, 0.3) is 11.0 Å². The number of benzene rings is 1. The van der Waals surface area contributed by atoms with Gasteiger partial charge >= 0.3 is 0 Å². The second-order valence-corrected chi connectivity index (χ2v) is 4.85. The third-order valence-electron chi connectivity index (χ3n) is 3.56. The van der Waals surface area contributed by atoms with Gasteiger partial charge in [-0.3, -0.25) is 4.79 Å². The first-order valence-corrected chi connectivity index (χ1v) is 5.86. The molecule has 1 saturated carbocycles. The Balaban J connectivity index is 1.92. The van der Waals surface area contributed by atoms with E-state index in [0.717, 1.165) is 29.4 Å². The summed E-state index contributed by atoms with van der Waals surface area (Å²) in [5.41, 5.74) is 8.39. The van der Waals surface area contributed by atoms with Crippen LogP contribution in [0.1, 0.15) is 23.2 Å². The number of carbonyl (C=O) groups excluding carboxylic acids is 1. The van der Waals surface area contributed by atoms with Crippen LogP contribution in [-0.2, 0) is 7.05 Å². The van der Waals surface area contributed by atoms with E-state index in [-0.39, 0.29) is 17.7 Å². The normalized spacial score (nSPS) is 23.6. The van der Waals surface area contributed by atoms with Crippen molar-refractivity contribution in [1.29, 1.82) is 0 Å². The molecule has 1 aromatic carbocycles. The number of carbonyl (C=O) groups is 1. The van der Waals surface area contributed by atoms with Gasteiger partial charge < -0.3 is 10.3 Å². The topological polar surface area (TPSA) is 60.9 Å². The van der Waals surface area contributed by atoms with Gasteiger partial charge in [0.2, 0.25) is 0 Å². The largest absolute Gasteiger partial charge is 0.334 e. The minimum Gasteiger partial charge on any atom is -0.334 e. The Morgan fingerprint density at radius 1 is 1.47 bits per heavy atom. The van der Waals surface area contributed by atoms with E-state index < -0.39 is 0 Å². The van der Waals surface area contributed by atoms with Gasteiger partial charge in [0.15, 0.2) is 5.78 Å². The second-order valence-electron chi connectivity index (χ2n) is 4.85. The van der Waals surface area contributed by atoms with Crippen LogP contribution in [0, 0.1) is 5.92 Å². The van der Waals surface area contributed by atoms with E-state index in [1.165, 1.54) is 0 Å². The quantitative estimate of drug-likeness (QED) is 0.794. The lowest BCUT2D eigenvalue weighted by atomic mass is 9.76. The fourth-order valence-electron chi connectivity index (χ4n) is 2.40. The number of aryl methyl sites for hydroxylation is 1. The third kappa shape index (κ3) is 1.65. The smallest absolute Gasteiger partial charge is 0.166 e. The van der Waals surface area contributed by atoms with Crippen LogP contribution in [-0.4, -0.2) is 21.4 Å². The molecule has 1 aliphatic carbocycles. The number of nitrogens with two attached hydrogens (primary N) is 1. The van der Waals surface area contributed by atoms with Crippen molar-refractivity contribution in [2.45, 2.75) is 18.9 Å². The molecule has 0 unspecified atom stereocenters. The predicted octanol–water partition coefficient (Wildman–Crippen LogP) is 1.49. The summed E-state index contributed by atoms with van der Waals surface area (Å²) < 4.78 is 1.95. The number of nitrogens with zero attached hydrogens (tertiary/aromatic N) is 2. The lowest BCUT2D eigenvalue weighted by Gasteiger charge is -2.31.